The molecule has 0 aromatic heterocycles. The predicted molar refractivity (Wildman–Crippen MR) is 130 cm³/mol. The van der Waals surface area contributed by atoms with Crippen molar-refractivity contribution in [2.75, 3.05) is 20.3 Å². The average molecular weight is 559 g/mol. The molecule has 1 aliphatic heterocycles. The van der Waals surface area contributed by atoms with Crippen LogP contribution in [0.15, 0.2) is 59.3 Å². The number of methoxy groups -OCH3 is 1. The number of halogens is 1. The van der Waals surface area contributed by atoms with E-state index >= 15 is 0 Å². The fourth-order valence-corrected chi connectivity index (χ4v) is 4.89. The summed E-state index contributed by atoms with van der Waals surface area (Å²) < 4.78 is 16.3. The summed E-state index contributed by atoms with van der Waals surface area (Å²) in [4.78, 5) is 37.8. The maximum atomic E-state index is 13.4. The van der Waals surface area contributed by atoms with Gasteiger partial charge in [0.1, 0.15) is 5.75 Å². The van der Waals surface area contributed by atoms with Crippen molar-refractivity contribution in [3.05, 3.63) is 79.6 Å². The molecule has 2 aromatic rings. The number of hydrogen-bond donors (Lipinski definition) is 1. The minimum atomic E-state index is -0.610. The Labute approximate surface area is 204 Å². The lowest BCUT2D eigenvalue weighted by atomic mass is 9.80. The number of carbonyl (C=O) groups excluding carboxylic acids is 3. The normalized spacial score (nSPS) is 16.7. The van der Waals surface area contributed by atoms with Crippen LogP contribution in [-0.4, -0.2) is 38.0 Å². The Balaban J connectivity index is 1.77. The molecule has 1 heterocycles. The number of fused-ring (bicyclic) bond motifs is 2. The maximum absolute atomic E-state index is 13.4. The number of dihydropyridines is 1. The smallest absolute Gasteiger partial charge is 0.344 e. The van der Waals surface area contributed by atoms with Crippen molar-refractivity contribution >= 4 is 46.0 Å². The highest BCUT2D eigenvalue weighted by Crippen LogP contribution is 2.47. The van der Waals surface area contributed by atoms with Gasteiger partial charge in [-0.05, 0) is 54.1 Å². The average Bonchev–Trinajstić information content (AvgIpc) is 3.09. The number of esters is 2. The third kappa shape index (κ3) is 4.15. The van der Waals surface area contributed by atoms with Gasteiger partial charge >= 0.3 is 11.9 Å². The molecule has 0 fully saturated rings. The summed E-state index contributed by atoms with van der Waals surface area (Å²) in [6, 6.07) is 12.8. The number of benzene rings is 2. The molecule has 0 amide bonds. The van der Waals surface area contributed by atoms with Gasteiger partial charge in [-0.3, -0.25) is 4.79 Å². The molecule has 4 rings (SSSR count). The summed E-state index contributed by atoms with van der Waals surface area (Å²) in [5.74, 6) is -1.17. The number of Topliss-reactive ketones (excluding diaryl/α,β-unsaturated/α-hetero) is 1. The highest BCUT2D eigenvalue weighted by Gasteiger charge is 2.42. The minimum absolute atomic E-state index is 0.121. The van der Waals surface area contributed by atoms with Gasteiger partial charge in [-0.1, -0.05) is 30.3 Å². The predicted octanol–water partition coefficient (Wildman–Crippen LogP) is 3.97. The van der Waals surface area contributed by atoms with E-state index in [1.54, 1.807) is 32.0 Å². The van der Waals surface area contributed by atoms with E-state index in [1.165, 1.54) is 7.11 Å². The Bertz CT molecular complexity index is 1230. The van der Waals surface area contributed by atoms with Crippen LogP contribution in [-0.2, 0) is 19.1 Å². The molecule has 0 saturated carbocycles. The first-order chi connectivity index (χ1) is 15.9. The van der Waals surface area contributed by atoms with Gasteiger partial charge < -0.3 is 19.5 Å². The standard InChI is InChI=1S/C25H22INO6/c1-4-32-19(28)12-33-18-10-9-14(11-17(18)26)21-20(25(30)31-3)13(2)27-23-15-7-5-6-8-16(15)24(29)22(21)23/h5-11,21,27H,4,12H2,1-3H3/t21-/m1/s1. The topological polar surface area (TPSA) is 90.9 Å². The van der Waals surface area contributed by atoms with Crippen molar-refractivity contribution in [2.24, 2.45) is 0 Å². The van der Waals surface area contributed by atoms with Crippen molar-refractivity contribution in [3.8, 4) is 5.75 Å². The lowest BCUT2D eigenvalue weighted by Gasteiger charge is -2.29. The molecule has 7 nitrogen and oxygen atoms in total. The van der Waals surface area contributed by atoms with E-state index in [4.69, 9.17) is 14.2 Å². The molecule has 8 heteroatoms. The third-order valence-corrected chi connectivity index (χ3v) is 6.44. The van der Waals surface area contributed by atoms with Crippen LogP contribution < -0.4 is 10.1 Å². The van der Waals surface area contributed by atoms with Gasteiger partial charge in [0.25, 0.3) is 0 Å². The molecule has 0 bridgehead atoms. The summed E-state index contributed by atoms with van der Waals surface area (Å²) >= 11 is 2.11. The van der Waals surface area contributed by atoms with Crippen molar-refractivity contribution in [1.82, 2.24) is 5.32 Å². The third-order valence-electron chi connectivity index (χ3n) is 5.59. The van der Waals surface area contributed by atoms with Gasteiger partial charge in [0.2, 0.25) is 0 Å². The number of ketones is 1. The van der Waals surface area contributed by atoms with Crippen molar-refractivity contribution in [2.45, 2.75) is 19.8 Å². The Morgan fingerprint density at radius 3 is 2.52 bits per heavy atom. The Morgan fingerprint density at radius 1 is 1.12 bits per heavy atom. The van der Waals surface area contributed by atoms with E-state index in [-0.39, 0.29) is 19.0 Å². The summed E-state index contributed by atoms with van der Waals surface area (Å²) in [6.45, 7) is 3.61. The van der Waals surface area contributed by atoms with Crippen LogP contribution in [0.5, 0.6) is 5.75 Å². The summed E-state index contributed by atoms with van der Waals surface area (Å²) in [5.41, 5.74) is 4.40. The second kappa shape index (κ2) is 9.38. The molecular formula is C25H22INO6. The molecule has 0 unspecified atom stereocenters. The molecular weight excluding hydrogens is 537 g/mol. The molecule has 170 valence electrons. The van der Waals surface area contributed by atoms with Crippen LogP contribution in [0.25, 0.3) is 5.70 Å². The van der Waals surface area contributed by atoms with E-state index < -0.39 is 17.9 Å². The number of carbonyl (C=O) groups is 3. The van der Waals surface area contributed by atoms with E-state index in [0.29, 0.717) is 33.9 Å². The van der Waals surface area contributed by atoms with Gasteiger partial charge in [-0.2, -0.15) is 0 Å². The largest absolute Gasteiger partial charge is 0.481 e. The molecule has 1 atom stereocenters. The Kier molecular flexibility index (Phi) is 6.55. The van der Waals surface area contributed by atoms with E-state index in [2.05, 4.69) is 27.9 Å². The summed E-state index contributed by atoms with van der Waals surface area (Å²) in [6.07, 6.45) is 0. The first kappa shape index (κ1) is 23.0. The Morgan fingerprint density at radius 2 is 1.85 bits per heavy atom. The van der Waals surface area contributed by atoms with E-state index in [0.717, 1.165) is 14.7 Å². The fourth-order valence-electron chi connectivity index (χ4n) is 4.20. The molecule has 0 radical (unpaired) electrons. The van der Waals surface area contributed by atoms with Crippen LogP contribution in [0.2, 0.25) is 0 Å². The first-order valence-electron chi connectivity index (χ1n) is 10.4. The summed E-state index contributed by atoms with van der Waals surface area (Å²) in [7, 11) is 1.32. The second-order valence-electron chi connectivity index (χ2n) is 7.54. The van der Waals surface area contributed by atoms with Gasteiger partial charge in [0, 0.05) is 28.3 Å². The molecule has 0 spiro atoms. The molecule has 0 saturated heterocycles. The molecule has 33 heavy (non-hydrogen) atoms. The van der Waals surface area contributed by atoms with Gasteiger partial charge in [0.05, 0.1) is 28.6 Å². The second-order valence-corrected chi connectivity index (χ2v) is 8.70. The van der Waals surface area contributed by atoms with Crippen LogP contribution in [0, 0.1) is 3.57 Å². The lowest BCUT2D eigenvalue weighted by Crippen LogP contribution is -2.29. The number of rotatable bonds is 6. The quantitative estimate of drug-likeness (QED) is 0.423. The number of hydrogen-bond acceptors (Lipinski definition) is 7. The molecule has 1 N–H and O–H groups in total. The number of nitrogens with one attached hydrogen (secondary N) is 1. The highest BCUT2D eigenvalue weighted by atomic mass is 127. The summed E-state index contributed by atoms with van der Waals surface area (Å²) in [5, 5.41) is 3.26. The molecule has 2 aliphatic rings. The molecule has 2 aromatic carbocycles. The number of ether oxygens (including phenoxy) is 3. The van der Waals surface area contributed by atoms with Crippen LogP contribution in [0.3, 0.4) is 0 Å². The van der Waals surface area contributed by atoms with Crippen LogP contribution in [0.4, 0.5) is 0 Å². The van der Waals surface area contributed by atoms with Crippen LogP contribution >= 0.6 is 22.6 Å². The Hall–Kier alpha value is -3.14. The lowest BCUT2D eigenvalue weighted by molar-refractivity contribution is -0.145. The highest BCUT2D eigenvalue weighted by molar-refractivity contribution is 14.1. The fraction of sp³-hybridized carbons (Fsp3) is 0.240. The molecule has 1 aliphatic carbocycles. The maximum Gasteiger partial charge on any atom is 0.344 e. The SMILES string of the molecule is CCOC(=O)COc1ccc([C@@H]2C(C(=O)OC)=C(C)NC3=C2C(=O)c2ccccc23)cc1I. The monoisotopic (exact) mass is 559 g/mol. The first-order valence-corrected chi connectivity index (χ1v) is 11.5. The minimum Gasteiger partial charge on any atom is -0.481 e. The zero-order valence-electron chi connectivity index (χ0n) is 18.4. The van der Waals surface area contributed by atoms with Crippen molar-refractivity contribution in [1.29, 1.82) is 0 Å². The van der Waals surface area contributed by atoms with Gasteiger partial charge in [0.15, 0.2) is 12.4 Å². The van der Waals surface area contributed by atoms with E-state index in [1.807, 2.05) is 24.3 Å². The van der Waals surface area contributed by atoms with Gasteiger partial charge in [-0.25, -0.2) is 9.59 Å². The number of allylic oxidation sites excluding steroid dienone is 2. The van der Waals surface area contributed by atoms with Gasteiger partial charge in [-0.15, -0.1) is 0 Å². The van der Waals surface area contributed by atoms with Crippen LogP contribution in [0.1, 0.15) is 41.3 Å². The van der Waals surface area contributed by atoms with Crippen molar-refractivity contribution < 1.29 is 28.6 Å². The van der Waals surface area contributed by atoms with E-state index in [9.17, 15) is 14.4 Å². The zero-order valence-corrected chi connectivity index (χ0v) is 20.5. The zero-order chi connectivity index (χ0) is 23.7. The van der Waals surface area contributed by atoms with Crippen molar-refractivity contribution in [3.63, 3.8) is 0 Å².